The van der Waals surface area contributed by atoms with Crippen LogP contribution in [-0.4, -0.2) is 9.59 Å². The van der Waals surface area contributed by atoms with Crippen LogP contribution in [0.4, 0.5) is 18.9 Å². The maximum Gasteiger partial charge on any atom is 0.416 e. The molecule has 0 atom stereocenters. The number of halogens is 4. The van der Waals surface area contributed by atoms with Crippen molar-refractivity contribution in [3.05, 3.63) is 39.9 Å². The predicted octanol–water partition coefficient (Wildman–Crippen LogP) is 3.82. The molecular formula is C10H7ClF3N3S. The molecule has 2 rings (SSSR count). The number of benzene rings is 1. The van der Waals surface area contributed by atoms with Crippen LogP contribution in [0, 0.1) is 0 Å². The van der Waals surface area contributed by atoms with Crippen molar-refractivity contribution in [3.63, 3.8) is 0 Å². The molecule has 2 aromatic rings. The Kier molecular flexibility index (Phi) is 3.72. The molecule has 1 heterocycles. The smallest absolute Gasteiger partial charge is 0.378 e. The van der Waals surface area contributed by atoms with Gasteiger partial charge in [-0.25, -0.2) is 0 Å². The van der Waals surface area contributed by atoms with E-state index in [2.05, 4.69) is 14.9 Å². The van der Waals surface area contributed by atoms with Crippen molar-refractivity contribution < 1.29 is 13.2 Å². The van der Waals surface area contributed by atoms with Crippen LogP contribution in [0.25, 0.3) is 0 Å². The van der Waals surface area contributed by atoms with Crippen molar-refractivity contribution in [1.82, 2.24) is 9.59 Å². The molecule has 96 valence electrons. The van der Waals surface area contributed by atoms with Gasteiger partial charge in [0, 0.05) is 5.38 Å². The maximum absolute atomic E-state index is 12.4. The summed E-state index contributed by atoms with van der Waals surface area (Å²) >= 11 is 6.98. The van der Waals surface area contributed by atoms with E-state index >= 15 is 0 Å². The van der Waals surface area contributed by atoms with Gasteiger partial charge in [0.05, 0.1) is 28.5 Å². The third kappa shape index (κ3) is 3.11. The van der Waals surface area contributed by atoms with Crippen molar-refractivity contribution in [3.8, 4) is 0 Å². The van der Waals surface area contributed by atoms with Crippen molar-refractivity contribution >= 4 is 28.8 Å². The summed E-state index contributed by atoms with van der Waals surface area (Å²) in [4.78, 5) is 0. The number of rotatable bonds is 3. The summed E-state index contributed by atoms with van der Waals surface area (Å²) in [6, 6.07) is 3.17. The van der Waals surface area contributed by atoms with Crippen LogP contribution >= 0.6 is 23.1 Å². The molecule has 3 nitrogen and oxygen atoms in total. The van der Waals surface area contributed by atoms with Crippen molar-refractivity contribution in [1.29, 1.82) is 0 Å². The quantitative estimate of drug-likeness (QED) is 0.935. The van der Waals surface area contributed by atoms with E-state index in [-0.39, 0.29) is 5.02 Å². The summed E-state index contributed by atoms with van der Waals surface area (Å²) in [5, 5.41) is 8.46. The third-order valence-electron chi connectivity index (χ3n) is 2.16. The molecule has 0 radical (unpaired) electrons. The van der Waals surface area contributed by atoms with E-state index in [4.69, 9.17) is 11.6 Å². The second-order valence-corrected chi connectivity index (χ2v) is 4.46. The van der Waals surface area contributed by atoms with Crippen LogP contribution < -0.4 is 5.32 Å². The highest BCUT2D eigenvalue weighted by atomic mass is 35.5. The minimum absolute atomic E-state index is 0.0213. The topological polar surface area (TPSA) is 37.8 Å². The van der Waals surface area contributed by atoms with Crippen molar-refractivity contribution in [2.24, 2.45) is 0 Å². The molecular weight excluding hydrogens is 287 g/mol. The molecule has 0 bridgehead atoms. The van der Waals surface area contributed by atoms with E-state index in [0.717, 1.165) is 12.1 Å². The summed E-state index contributed by atoms with van der Waals surface area (Å²) in [6.07, 6.45) is -4.39. The van der Waals surface area contributed by atoms with E-state index in [0.29, 0.717) is 17.9 Å². The lowest BCUT2D eigenvalue weighted by atomic mass is 10.2. The highest BCUT2D eigenvalue weighted by molar-refractivity contribution is 7.03. The second kappa shape index (κ2) is 5.11. The SMILES string of the molecule is FC(F)(F)c1ccc(NCc2csnn2)c(Cl)c1. The molecule has 0 spiro atoms. The summed E-state index contributed by atoms with van der Waals surface area (Å²) < 4.78 is 40.9. The van der Waals surface area contributed by atoms with E-state index in [1.165, 1.54) is 17.6 Å². The Hall–Kier alpha value is -1.34. The Bertz CT molecular complexity index is 528. The first-order valence-electron chi connectivity index (χ1n) is 4.83. The minimum atomic E-state index is -4.39. The van der Waals surface area contributed by atoms with Gasteiger partial charge in [-0.2, -0.15) is 13.2 Å². The Morgan fingerprint density at radius 1 is 1.33 bits per heavy atom. The zero-order chi connectivity index (χ0) is 13.2. The summed E-state index contributed by atoms with van der Waals surface area (Å²) in [5.74, 6) is 0. The molecule has 0 aliphatic carbocycles. The van der Waals surface area contributed by atoms with Gasteiger partial charge in [-0.05, 0) is 29.7 Å². The third-order valence-corrected chi connectivity index (χ3v) is 3.03. The first-order chi connectivity index (χ1) is 8.47. The first kappa shape index (κ1) is 13.1. The molecule has 1 aromatic heterocycles. The molecule has 18 heavy (non-hydrogen) atoms. The predicted molar refractivity (Wildman–Crippen MR) is 63.7 cm³/mol. The fraction of sp³-hybridized carbons (Fsp3) is 0.200. The highest BCUT2D eigenvalue weighted by Gasteiger charge is 2.30. The largest absolute Gasteiger partial charge is 0.416 e. The molecule has 0 saturated heterocycles. The Labute approximate surface area is 110 Å². The Balaban J connectivity index is 2.10. The number of alkyl halides is 3. The van der Waals surface area contributed by atoms with Crippen molar-refractivity contribution in [2.45, 2.75) is 12.7 Å². The standard InChI is InChI=1S/C10H7ClF3N3S/c11-8-3-6(10(12,13)14)1-2-9(8)15-4-7-5-18-17-16-7/h1-3,5,15H,4H2. The molecule has 0 unspecified atom stereocenters. The van der Waals surface area contributed by atoms with Gasteiger partial charge in [0.2, 0.25) is 0 Å². The van der Waals surface area contributed by atoms with Crippen LogP contribution in [-0.2, 0) is 12.7 Å². The fourth-order valence-electron chi connectivity index (χ4n) is 1.28. The molecule has 1 N–H and O–H groups in total. The molecule has 0 fully saturated rings. The van der Waals surface area contributed by atoms with E-state index in [9.17, 15) is 13.2 Å². The summed E-state index contributed by atoms with van der Waals surface area (Å²) in [5.41, 5.74) is 0.363. The van der Waals surface area contributed by atoms with Crippen LogP contribution in [0.2, 0.25) is 5.02 Å². The molecule has 0 aliphatic heterocycles. The number of nitrogens with one attached hydrogen (secondary N) is 1. The average Bonchev–Trinajstić information content (AvgIpc) is 2.79. The fourth-order valence-corrected chi connectivity index (χ4v) is 1.98. The Morgan fingerprint density at radius 3 is 2.67 bits per heavy atom. The van der Waals surface area contributed by atoms with Crippen LogP contribution in [0.5, 0.6) is 0 Å². The van der Waals surface area contributed by atoms with Gasteiger partial charge in [0.15, 0.2) is 0 Å². The molecule has 0 saturated carbocycles. The van der Waals surface area contributed by atoms with E-state index in [1.807, 2.05) is 0 Å². The van der Waals surface area contributed by atoms with Gasteiger partial charge in [-0.1, -0.05) is 16.1 Å². The van der Waals surface area contributed by atoms with Crippen LogP contribution in [0.3, 0.4) is 0 Å². The van der Waals surface area contributed by atoms with E-state index < -0.39 is 11.7 Å². The lowest BCUT2D eigenvalue weighted by Crippen LogP contribution is -2.06. The van der Waals surface area contributed by atoms with Gasteiger partial charge in [-0.3, -0.25) is 0 Å². The number of hydrogen-bond acceptors (Lipinski definition) is 4. The zero-order valence-corrected chi connectivity index (χ0v) is 10.4. The molecule has 0 aliphatic rings. The molecule has 8 heteroatoms. The number of hydrogen-bond donors (Lipinski definition) is 1. The summed E-state index contributed by atoms with van der Waals surface area (Å²) in [7, 11) is 0. The lowest BCUT2D eigenvalue weighted by Gasteiger charge is -2.10. The van der Waals surface area contributed by atoms with Crippen LogP contribution in [0.15, 0.2) is 23.6 Å². The molecule has 0 amide bonds. The normalized spacial score (nSPS) is 11.6. The molecule has 1 aromatic carbocycles. The van der Waals surface area contributed by atoms with Gasteiger partial charge in [-0.15, -0.1) is 5.10 Å². The minimum Gasteiger partial charge on any atom is -0.378 e. The second-order valence-electron chi connectivity index (χ2n) is 3.44. The monoisotopic (exact) mass is 293 g/mol. The zero-order valence-electron chi connectivity index (χ0n) is 8.83. The first-order valence-corrected chi connectivity index (χ1v) is 6.05. The number of anilines is 1. The van der Waals surface area contributed by atoms with E-state index in [1.54, 1.807) is 5.38 Å². The lowest BCUT2D eigenvalue weighted by molar-refractivity contribution is -0.137. The number of aromatic nitrogens is 2. The summed E-state index contributed by atoms with van der Waals surface area (Å²) in [6.45, 7) is 0.363. The van der Waals surface area contributed by atoms with Gasteiger partial charge in [0.25, 0.3) is 0 Å². The number of nitrogens with zero attached hydrogens (tertiary/aromatic N) is 2. The maximum atomic E-state index is 12.4. The van der Waals surface area contributed by atoms with Gasteiger partial charge >= 0.3 is 6.18 Å². The van der Waals surface area contributed by atoms with Gasteiger partial charge in [0.1, 0.15) is 0 Å². The highest BCUT2D eigenvalue weighted by Crippen LogP contribution is 2.33. The van der Waals surface area contributed by atoms with Crippen molar-refractivity contribution in [2.75, 3.05) is 5.32 Å². The van der Waals surface area contributed by atoms with Crippen LogP contribution in [0.1, 0.15) is 11.3 Å². The Morgan fingerprint density at radius 2 is 2.11 bits per heavy atom. The average molecular weight is 294 g/mol. The van der Waals surface area contributed by atoms with Gasteiger partial charge < -0.3 is 5.32 Å².